The molecule has 38 heavy (non-hydrogen) atoms. The minimum Gasteiger partial charge on any atom is -0.413 e. The highest BCUT2D eigenvalue weighted by atomic mass is 19.2. The Morgan fingerprint density at radius 1 is 0.500 bits per heavy atom. The van der Waals surface area contributed by atoms with Crippen molar-refractivity contribution >= 4 is 52.0 Å². The molecule has 3 aliphatic rings. The lowest BCUT2D eigenvalue weighted by Gasteiger charge is -2.18. The maximum absolute atomic E-state index is 14.4. The molecule has 4 bridgehead atoms. The van der Waals surface area contributed by atoms with E-state index >= 15 is 0 Å². The van der Waals surface area contributed by atoms with Crippen LogP contribution in [0, 0.1) is 34.9 Å². The summed E-state index contributed by atoms with van der Waals surface area (Å²) in [6, 6.07) is 5.19. The second-order valence-corrected chi connectivity index (χ2v) is 8.91. The maximum Gasteiger partial charge on any atom is 0.560 e. The zero-order valence-electron chi connectivity index (χ0n) is 18.4. The van der Waals surface area contributed by atoms with Crippen LogP contribution in [-0.4, -0.2) is 32.8 Å². The van der Waals surface area contributed by atoms with Crippen LogP contribution in [0.4, 0.5) is 38.0 Å². The van der Waals surface area contributed by atoms with E-state index in [1.165, 1.54) is 0 Å². The average Bonchev–Trinajstić information content (AvgIpc) is 3.45. The predicted molar refractivity (Wildman–Crippen MR) is 124 cm³/mol. The summed E-state index contributed by atoms with van der Waals surface area (Å²) in [4.78, 5) is 17.7. The Morgan fingerprint density at radius 3 is 1.47 bits per heavy atom. The van der Waals surface area contributed by atoms with Gasteiger partial charge in [0.05, 0.1) is 0 Å². The molecule has 7 nitrogen and oxygen atoms in total. The lowest BCUT2D eigenvalue weighted by atomic mass is 10.00. The van der Waals surface area contributed by atoms with Crippen LogP contribution in [-0.2, 0) is 0 Å². The molecule has 0 spiro atoms. The standard InChI is InChI=1S/C24H7BF6N6O/c26-13-1-7-8(2-14(13)27)20-32-19(7)33-21-9-3-15(28)17(30)5-11(9)23-35-24-12-6-18(31)16(29)4-10(12)22(34-20)37(24)25(38)36(21)23/h1-6,38H/b33-19-,33-21?,34-20?,34-22-. The van der Waals surface area contributed by atoms with E-state index in [-0.39, 0.29) is 67.0 Å². The van der Waals surface area contributed by atoms with Gasteiger partial charge < -0.3 is 14.0 Å². The number of rotatable bonds is 0. The summed E-state index contributed by atoms with van der Waals surface area (Å²) >= 11 is 0. The van der Waals surface area contributed by atoms with Gasteiger partial charge in [-0.15, -0.1) is 0 Å². The molecular weight excluding hydrogens is 513 g/mol. The number of nitrogens with zero attached hydrogens (tertiary/aromatic N) is 6. The Bertz CT molecular complexity index is 2180. The summed E-state index contributed by atoms with van der Waals surface area (Å²) in [6.45, 7) is 0. The molecule has 2 aromatic heterocycles. The Morgan fingerprint density at radius 2 is 0.921 bits per heavy atom. The van der Waals surface area contributed by atoms with Crippen molar-refractivity contribution in [3.8, 4) is 0 Å². The van der Waals surface area contributed by atoms with E-state index in [2.05, 4.69) is 20.0 Å². The second-order valence-electron chi connectivity index (χ2n) is 8.91. The summed E-state index contributed by atoms with van der Waals surface area (Å²) in [5.41, 5.74) is -0.0862. The van der Waals surface area contributed by atoms with Gasteiger partial charge in [-0.25, -0.2) is 46.3 Å². The molecule has 0 amide bonds. The Kier molecular flexibility index (Phi) is 3.81. The van der Waals surface area contributed by atoms with Gasteiger partial charge in [0.2, 0.25) is 0 Å². The first kappa shape index (κ1) is 21.4. The van der Waals surface area contributed by atoms with Crippen molar-refractivity contribution in [1.82, 2.24) is 8.96 Å². The fourth-order valence-electron chi connectivity index (χ4n) is 5.17. The molecule has 5 heterocycles. The molecule has 3 aromatic carbocycles. The Labute approximate surface area is 206 Å². The van der Waals surface area contributed by atoms with Crippen molar-refractivity contribution in [2.45, 2.75) is 0 Å². The van der Waals surface area contributed by atoms with Crippen LogP contribution in [0.15, 0.2) is 56.4 Å². The molecule has 0 saturated carbocycles. The third-order valence-electron chi connectivity index (χ3n) is 6.85. The van der Waals surface area contributed by atoms with Crippen LogP contribution in [0.2, 0.25) is 0 Å². The number of halogens is 6. The Balaban J connectivity index is 1.66. The number of fused-ring (bicyclic) bond motifs is 10. The number of benzene rings is 3. The molecule has 1 N–H and O–H groups in total. The highest BCUT2D eigenvalue weighted by Gasteiger charge is 2.37. The lowest BCUT2D eigenvalue weighted by Crippen LogP contribution is -2.48. The topological polar surface area (TPSA) is 79.5 Å². The number of aliphatic imine (C=N–C) groups is 2. The zero-order valence-corrected chi connectivity index (χ0v) is 18.4. The van der Waals surface area contributed by atoms with Crippen LogP contribution in [0.5, 0.6) is 0 Å². The molecule has 3 aliphatic heterocycles. The number of hydrogen-bond donors (Lipinski definition) is 1. The maximum atomic E-state index is 14.4. The first-order valence-electron chi connectivity index (χ1n) is 11.1. The fourth-order valence-corrected chi connectivity index (χ4v) is 5.17. The third kappa shape index (κ3) is 2.49. The van der Waals surface area contributed by atoms with E-state index in [0.29, 0.717) is 0 Å². The molecular formula is C24H7BF6N6O. The smallest absolute Gasteiger partial charge is 0.413 e. The van der Waals surface area contributed by atoms with Gasteiger partial charge in [0, 0.05) is 32.7 Å². The van der Waals surface area contributed by atoms with E-state index in [1.54, 1.807) is 0 Å². The van der Waals surface area contributed by atoms with E-state index in [1.807, 2.05) is 0 Å². The van der Waals surface area contributed by atoms with Crippen LogP contribution >= 0.6 is 0 Å². The summed E-state index contributed by atoms with van der Waals surface area (Å²) in [6.07, 6.45) is 0. The van der Waals surface area contributed by atoms with E-state index in [9.17, 15) is 31.4 Å². The molecule has 0 unspecified atom stereocenters. The van der Waals surface area contributed by atoms with Gasteiger partial charge in [-0.3, -0.25) is 0 Å². The zero-order chi connectivity index (χ0) is 26.2. The van der Waals surface area contributed by atoms with Crippen molar-refractivity contribution in [3.05, 3.63) is 93.4 Å². The molecule has 184 valence electrons. The second kappa shape index (κ2) is 6.78. The minimum absolute atomic E-state index is 0.0355. The van der Waals surface area contributed by atoms with Gasteiger partial charge in [-0.1, -0.05) is 0 Å². The first-order valence-corrected chi connectivity index (χ1v) is 11.1. The molecule has 0 saturated heterocycles. The van der Waals surface area contributed by atoms with Gasteiger partial charge in [-0.05, 0) is 36.4 Å². The molecule has 8 rings (SSSR count). The van der Waals surface area contributed by atoms with E-state index in [4.69, 9.17) is 0 Å². The predicted octanol–water partition coefficient (Wildman–Crippen LogP) is 3.54. The van der Waals surface area contributed by atoms with Crippen LogP contribution in [0.25, 0.3) is 21.5 Å². The van der Waals surface area contributed by atoms with E-state index < -0.39 is 42.1 Å². The third-order valence-corrected chi connectivity index (χ3v) is 6.85. The average molecular weight is 520 g/mol. The van der Waals surface area contributed by atoms with Gasteiger partial charge in [0.25, 0.3) is 0 Å². The molecule has 0 atom stereocenters. The monoisotopic (exact) mass is 520 g/mol. The summed E-state index contributed by atoms with van der Waals surface area (Å²) in [5, 5.41) is 11.7. The number of amidine groups is 2. The SMILES string of the molecule is OB1n2c3c4cc(F)c(F)cc4c2/N=C2N=C(/N=c4/c5cc(F)c(F)cc5c(n41)=N3)c1cc(F)c(F)cc1\2. The van der Waals surface area contributed by atoms with Crippen molar-refractivity contribution in [1.29, 1.82) is 0 Å². The fraction of sp³-hybridized carbons (Fsp3) is 0. The van der Waals surface area contributed by atoms with Gasteiger partial charge in [-0.2, -0.15) is 0 Å². The normalized spacial score (nSPS) is 17.1. The van der Waals surface area contributed by atoms with Gasteiger partial charge in [0.15, 0.2) is 46.6 Å². The van der Waals surface area contributed by atoms with Crippen LogP contribution in [0.1, 0.15) is 11.1 Å². The largest absolute Gasteiger partial charge is 0.560 e. The van der Waals surface area contributed by atoms with Crippen molar-refractivity contribution in [2.75, 3.05) is 0 Å². The van der Waals surface area contributed by atoms with Crippen molar-refractivity contribution < 1.29 is 31.4 Å². The highest BCUT2D eigenvalue weighted by molar-refractivity contribution is 6.50. The molecule has 14 heteroatoms. The van der Waals surface area contributed by atoms with Crippen LogP contribution < -0.4 is 11.0 Å². The number of hydrogen-bond acceptors (Lipinski definition) is 5. The lowest BCUT2D eigenvalue weighted by molar-refractivity contribution is 0.508. The quantitative estimate of drug-likeness (QED) is 0.246. The Hall–Kier alpha value is -4.72. The summed E-state index contributed by atoms with van der Waals surface area (Å²) in [5.74, 6) is -7.65. The first-order chi connectivity index (χ1) is 18.2. The highest BCUT2D eigenvalue weighted by Crippen LogP contribution is 2.41. The molecule has 0 aliphatic carbocycles. The van der Waals surface area contributed by atoms with E-state index in [0.717, 1.165) is 45.4 Å². The summed E-state index contributed by atoms with van der Waals surface area (Å²) < 4.78 is 88.2. The van der Waals surface area contributed by atoms with Gasteiger partial charge in [0.1, 0.15) is 22.6 Å². The van der Waals surface area contributed by atoms with Gasteiger partial charge >= 0.3 is 7.19 Å². The molecule has 0 fully saturated rings. The van der Waals surface area contributed by atoms with Crippen molar-refractivity contribution in [2.24, 2.45) is 20.0 Å². The van der Waals surface area contributed by atoms with Crippen LogP contribution in [0.3, 0.4) is 0 Å². The van der Waals surface area contributed by atoms with Crippen molar-refractivity contribution in [3.63, 3.8) is 0 Å². The summed E-state index contributed by atoms with van der Waals surface area (Å²) in [7, 11) is -1.69. The molecule has 5 aromatic rings. The molecule has 0 radical (unpaired) electrons. The number of aromatic nitrogens is 2. The minimum atomic E-state index is -1.69.